The lowest BCUT2D eigenvalue weighted by Gasteiger charge is -2.05. The molecule has 5 heteroatoms. The number of nitrogens with one attached hydrogen (secondary N) is 2. The Bertz CT molecular complexity index is 627. The Morgan fingerprint density at radius 3 is 2.50 bits per heavy atom. The molecule has 0 unspecified atom stereocenters. The van der Waals surface area contributed by atoms with Gasteiger partial charge in [-0.25, -0.2) is 0 Å². The van der Waals surface area contributed by atoms with Crippen LogP contribution in [0.2, 0.25) is 10.0 Å². The molecule has 0 aromatic heterocycles. The standard InChI is InChI=1S/C15H12Cl2N2O/c16-11-6-7-14(13(17)10-11)19-15(20)8-9-18-12-4-2-1-3-5-12/h1-10,18H,(H,19,20). The lowest BCUT2D eigenvalue weighted by Crippen LogP contribution is -2.08. The summed E-state index contributed by atoms with van der Waals surface area (Å²) in [5.41, 5.74) is 1.42. The summed E-state index contributed by atoms with van der Waals surface area (Å²) in [6.07, 6.45) is 2.95. The van der Waals surface area contributed by atoms with Gasteiger partial charge in [-0.3, -0.25) is 4.79 Å². The maximum absolute atomic E-state index is 11.7. The Labute approximate surface area is 127 Å². The van der Waals surface area contributed by atoms with E-state index in [0.29, 0.717) is 15.7 Å². The molecule has 1 amide bonds. The number of anilines is 2. The van der Waals surface area contributed by atoms with Gasteiger partial charge in [-0.2, -0.15) is 0 Å². The fourth-order valence-electron chi connectivity index (χ4n) is 1.51. The molecule has 3 nitrogen and oxygen atoms in total. The van der Waals surface area contributed by atoms with Crippen LogP contribution in [-0.4, -0.2) is 5.91 Å². The van der Waals surface area contributed by atoms with Crippen LogP contribution in [0, 0.1) is 0 Å². The minimum atomic E-state index is -0.280. The van der Waals surface area contributed by atoms with Crippen molar-refractivity contribution in [3.8, 4) is 0 Å². The number of hydrogen-bond acceptors (Lipinski definition) is 2. The first-order valence-corrected chi connectivity index (χ1v) is 6.65. The SMILES string of the molecule is O=C(C=CNc1ccccc1)Nc1ccc(Cl)cc1Cl. The van der Waals surface area contributed by atoms with Crippen molar-refractivity contribution in [3.05, 3.63) is 70.9 Å². The van der Waals surface area contributed by atoms with Crippen LogP contribution in [0.5, 0.6) is 0 Å². The largest absolute Gasteiger partial charge is 0.361 e. The Kier molecular flexibility index (Phi) is 5.04. The zero-order valence-electron chi connectivity index (χ0n) is 10.4. The van der Waals surface area contributed by atoms with Crippen LogP contribution in [0.1, 0.15) is 0 Å². The number of rotatable bonds is 4. The third kappa shape index (κ3) is 4.30. The van der Waals surface area contributed by atoms with Gasteiger partial charge in [-0.15, -0.1) is 0 Å². The van der Waals surface area contributed by atoms with Crippen molar-refractivity contribution in [1.82, 2.24) is 0 Å². The van der Waals surface area contributed by atoms with Gasteiger partial charge in [0.05, 0.1) is 10.7 Å². The van der Waals surface area contributed by atoms with Crippen LogP contribution >= 0.6 is 23.2 Å². The van der Waals surface area contributed by atoms with E-state index in [-0.39, 0.29) is 5.91 Å². The Balaban J connectivity index is 1.92. The van der Waals surface area contributed by atoms with Crippen LogP contribution in [0.15, 0.2) is 60.8 Å². The van der Waals surface area contributed by atoms with Crippen LogP contribution in [-0.2, 0) is 4.79 Å². The molecule has 0 radical (unpaired) electrons. The summed E-state index contributed by atoms with van der Waals surface area (Å²) in [5, 5.41) is 6.58. The first-order valence-electron chi connectivity index (χ1n) is 5.89. The molecule has 0 saturated carbocycles. The van der Waals surface area contributed by atoms with Crippen molar-refractivity contribution in [2.75, 3.05) is 10.6 Å². The zero-order chi connectivity index (χ0) is 14.4. The van der Waals surface area contributed by atoms with Crippen molar-refractivity contribution in [1.29, 1.82) is 0 Å². The van der Waals surface area contributed by atoms with Gasteiger partial charge in [-0.1, -0.05) is 41.4 Å². The summed E-state index contributed by atoms with van der Waals surface area (Å²) >= 11 is 11.7. The molecule has 0 spiro atoms. The van der Waals surface area contributed by atoms with Gasteiger partial charge in [0.2, 0.25) is 5.91 Å². The number of amides is 1. The third-order valence-electron chi connectivity index (χ3n) is 2.45. The highest BCUT2D eigenvalue weighted by atomic mass is 35.5. The molecule has 102 valence electrons. The molecular weight excluding hydrogens is 295 g/mol. The van der Waals surface area contributed by atoms with Crippen molar-refractivity contribution in [2.24, 2.45) is 0 Å². The average Bonchev–Trinajstić information content (AvgIpc) is 2.43. The summed E-state index contributed by atoms with van der Waals surface area (Å²) in [6.45, 7) is 0. The second-order valence-electron chi connectivity index (χ2n) is 3.96. The molecule has 2 aromatic carbocycles. The van der Waals surface area contributed by atoms with Crippen LogP contribution in [0.25, 0.3) is 0 Å². The number of benzene rings is 2. The van der Waals surface area contributed by atoms with Gasteiger partial charge in [0, 0.05) is 23.0 Å². The predicted molar refractivity (Wildman–Crippen MR) is 84.3 cm³/mol. The van der Waals surface area contributed by atoms with Gasteiger partial charge in [0.15, 0.2) is 0 Å². The third-order valence-corrected chi connectivity index (χ3v) is 3.00. The topological polar surface area (TPSA) is 41.1 Å². The number of carbonyl (C=O) groups excluding carboxylic acids is 1. The van der Waals surface area contributed by atoms with E-state index in [2.05, 4.69) is 10.6 Å². The number of carbonyl (C=O) groups is 1. The maximum Gasteiger partial charge on any atom is 0.249 e. The summed E-state index contributed by atoms with van der Waals surface area (Å²) in [5.74, 6) is -0.280. The van der Waals surface area contributed by atoms with Crippen LogP contribution in [0.4, 0.5) is 11.4 Å². The fourth-order valence-corrected chi connectivity index (χ4v) is 1.97. The molecule has 0 bridgehead atoms. The molecule has 2 aromatic rings. The molecule has 0 heterocycles. The first kappa shape index (κ1) is 14.4. The van der Waals surface area contributed by atoms with Gasteiger partial charge < -0.3 is 10.6 Å². The van der Waals surface area contributed by atoms with Gasteiger partial charge in [0.1, 0.15) is 0 Å². The van der Waals surface area contributed by atoms with Crippen LogP contribution < -0.4 is 10.6 Å². The molecule has 0 aliphatic rings. The van der Waals surface area contributed by atoms with E-state index < -0.39 is 0 Å². The molecule has 0 saturated heterocycles. The molecule has 2 rings (SSSR count). The zero-order valence-corrected chi connectivity index (χ0v) is 11.9. The second-order valence-corrected chi connectivity index (χ2v) is 4.80. The normalized spacial score (nSPS) is 10.5. The molecule has 20 heavy (non-hydrogen) atoms. The number of para-hydroxylation sites is 1. The van der Waals surface area contributed by atoms with Crippen molar-refractivity contribution >= 4 is 40.5 Å². The summed E-state index contributed by atoms with van der Waals surface area (Å²) < 4.78 is 0. The highest BCUT2D eigenvalue weighted by molar-refractivity contribution is 6.36. The van der Waals surface area contributed by atoms with E-state index in [0.717, 1.165) is 5.69 Å². The Morgan fingerprint density at radius 2 is 1.80 bits per heavy atom. The number of halogens is 2. The average molecular weight is 307 g/mol. The van der Waals surface area contributed by atoms with Crippen molar-refractivity contribution in [3.63, 3.8) is 0 Å². The molecule has 0 aliphatic heterocycles. The minimum absolute atomic E-state index is 0.280. The fraction of sp³-hybridized carbons (Fsp3) is 0. The quantitative estimate of drug-likeness (QED) is 0.813. The highest BCUT2D eigenvalue weighted by Gasteiger charge is 2.03. The Hall–Kier alpha value is -1.97. The molecule has 0 atom stereocenters. The van der Waals surface area contributed by atoms with E-state index in [1.54, 1.807) is 24.4 Å². The predicted octanol–water partition coefficient (Wildman–Crippen LogP) is 4.56. The second kappa shape index (κ2) is 6.98. The lowest BCUT2D eigenvalue weighted by atomic mass is 10.3. The van der Waals surface area contributed by atoms with Crippen molar-refractivity contribution in [2.45, 2.75) is 0 Å². The number of hydrogen-bond donors (Lipinski definition) is 2. The van der Waals surface area contributed by atoms with Gasteiger partial charge >= 0.3 is 0 Å². The lowest BCUT2D eigenvalue weighted by molar-refractivity contribution is -0.111. The van der Waals surface area contributed by atoms with E-state index in [4.69, 9.17) is 23.2 Å². The summed E-state index contributed by atoms with van der Waals surface area (Å²) in [7, 11) is 0. The maximum atomic E-state index is 11.7. The Morgan fingerprint density at radius 1 is 1.05 bits per heavy atom. The molecule has 2 N–H and O–H groups in total. The molecule has 0 fully saturated rings. The highest BCUT2D eigenvalue weighted by Crippen LogP contribution is 2.25. The minimum Gasteiger partial charge on any atom is -0.361 e. The van der Waals surface area contributed by atoms with E-state index in [9.17, 15) is 4.79 Å². The van der Waals surface area contributed by atoms with Gasteiger partial charge in [0.25, 0.3) is 0 Å². The van der Waals surface area contributed by atoms with Crippen molar-refractivity contribution < 1.29 is 4.79 Å². The van der Waals surface area contributed by atoms with Crippen LogP contribution in [0.3, 0.4) is 0 Å². The smallest absolute Gasteiger partial charge is 0.249 e. The molecular formula is C15H12Cl2N2O. The first-order chi connectivity index (χ1) is 9.65. The van der Waals surface area contributed by atoms with Gasteiger partial charge in [-0.05, 0) is 30.3 Å². The molecule has 0 aliphatic carbocycles. The summed E-state index contributed by atoms with van der Waals surface area (Å²) in [6, 6.07) is 14.4. The van der Waals surface area contributed by atoms with E-state index >= 15 is 0 Å². The van der Waals surface area contributed by atoms with E-state index in [1.807, 2.05) is 30.3 Å². The monoisotopic (exact) mass is 306 g/mol. The van der Waals surface area contributed by atoms with E-state index in [1.165, 1.54) is 6.08 Å². The summed E-state index contributed by atoms with van der Waals surface area (Å²) in [4.78, 5) is 11.7.